The van der Waals surface area contributed by atoms with Crippen molar-refractivity contribution < 1.29 is 9.21 Å². The molecule has 31 heavy (non-hydrogen) atoms. The summed E-state index contributed by atoms with van der Waals surface area (Å²) in [6, 6.07) is 9.82. The number of aryl methyl sites for hydroxylation is 1. The summed E-state index contributed by atoms with van der Waals surface area (Å²) in [6.07, 6.45) is 5.83. The number of oxazole rings is 1. The molecule has 0 aliphatic carbocycles. The van der Waals surface area contributed by atoms with Crippen LogP contribution >= 0.6 is 0 Å². The summed E-state index contributed by atoms with van der Waals surface area (Å²) in [5.74, 6) is 0.321. The molecular weight excluding hydrogens is 394 g/mol. The summed E-state index contributed by atoms with van der Waals surface area (Å²) < 4.78 is 5.72. The molecule has 5 rings (SSSR count). The van der Waals surface area contributed by atoms with Gasteiger partial charge < -0.3 is 14.6 Å². The Bertz CT molecular complexity index is 1180. The Morgan fingerprint density at radius 1 is 1.23 bits per heavy atom. The van der Waals surface area contributed by atoms with Crippen molar-refractivity contribution >= 4 is 23.2 Å². The number of carbonyl (C=O) groups excluding carboxylic acids is 1. The lowest BCUT2D eigenvalue weighted by Gasteiger charge is -2.28. The normalized spacial score (nSPS) is 18.6. The predicted molar refractivity (Wildman–Crippen MR) is 115 cm³/mol. The molecule has 1 aliphatic heterocycles. The molecule has 0 spiro atoms. The van der Waals surface area contributed by atoms with Gasteiger partial charge in [0.25, 0.3) is 11.9 Å². The van der Waals surface area contributed by atoms with E-state index in [0.717, 1.165) is 12.0 Å². The van der Waals surface area contributed by atoms with Crippen LogP contribution < -0.4 is 5.32 Å². The zero-order valence-corrected chi connectivity index (χ0v) is 17.4. The zero-order valence-electron chi connectivity index (χ0n) is 17.4. The molecule has 3 aromatic heterocycles. The van der Waals surface area contributed by atoms with E-state index in [9.17, 15) is 4.79 Å². The van der Waals surface area contributed by atoms with E-state index < -0.39 is 0 Å². The maximum Gasteiger partial charge on any atom is 0.297 e. The van der Waals surface area contributed by atoms with Crippen LogP contribution in [0.15, 0.2) is 53.3 Å². The highest BCUT2D eigenvalue weighted by Gasteiger charge is 2.36. The fourth-order valence-corrected chi connectivity index (χ4v) is 4.10. The van der Waals surface area contributed by atoms with Gasteiger partial charge in [-0.2, -0.15) is 20.0 Å². The third-order valence-corrected chi connectivity index (χ3v) is 5.79. The van der Waals surface area contributed by atoms with Gasteiger partial charge in [-0.15, -0.1) is 0 Å². The number of anilines is 1. The average molecular weight is 417 g/mol. The summed E-state index contributed by atoms with van der Waals surface area (Å²) in [6.45, 7) is 5.38. The third kappa shape index (κ3) is 3.63. The van der Waals surface area contributed by atoms with Gasteiger partial charge in [-0.1, -0.05) is 18.6 Å². The van der Waals surface area contributed by atoms with Gasteiger partial charge >= 0.3 is 0 Å². The van der Waals surface area contributed by atoms with Crippen molar-refractivity contribution in [3.05, 3.63) is 60.0 Å². The first-order chi connectivity index (χ1) is 15.1. The number of likely N-dealkylation sites (tertiary alicyclic amines) is 1. The summed E-state index contributed by atoms with van der Waals surface area (Å²) in [5, 5.41) is 11.7. The molecule has 158 valence electrons. The van der Waals surface area contributed by atoms with E-state index in [1.165, 1.54) is 4.80 Å². The molecule has 1 aliphatic rings. The number of rotatable bonds is 5. The van der Waals surface area contributed by atoms with Crippen molar-refractivity contribution in [2.24, 2.45) is 5.92 Å². The fraction of sp³-hybridized carbons (Fsp3) is 0.318. The molecular formula is C22H23N7O2. The minimum Gasteiger partial charge on any atom is -0.422 e. The number of pyridine rings is 1. The second kappa shape index (κ2) is 7.82. The Morgan fingerprint density at radius 3 is 2.87 bits per heavy atom. The molecule has 1 aromatic carbocycles. The Kier molecular flexibility index (Phi) is 4.85. The van der Waals surface area contributed by atoms with Gasteiger partial charge in [0.05, 0.1) is 29.7 Å². The number of hydrogen-bond acceptors (Lipinski definition) is 7. The van der Waals surface area contributed by atoms with Crippen LogP contribution in [-0.2, 0) is 0 Å². The minimum absolute atomic E-state index is 0.00872. The van der Waals surface area contributed by atoms with E-state index in [1.807, 2.05) is 42.2 Å². The molecule has 0 saturated carbocycles. The van der Waals surface area contributed by atoms with Gasteiger partial charge in [0.1, 0.15) is 0 Å². The van der Waals surface area contributed by atoms with E-state index in [-0.39, 0.29) is 11.9 Å². The highest BCUT2D eigenvalue weighted by Crippen LogP contribution is 2.28. The van der Waals surface area contributed by atoms with Crippen LogP contribution in [-0.4, -0.2) is 54.9 Å². The third-order valence-electron chi connectivity index (χ3n) is 5.79. The second-order valence-corrected chi connectivity index (χ2v) is 7.90. The summed E-state index contributed by atoms with van der Waals surface area (Å²) >= 11 is 0. The van der Waals surface area contributed by atoms with Gasteiger partial charge in [0, 0.05) is 19.3 Å². The molecule has 0 unspecified atom stereocenters. The highest BCUT2D eigenvalue weighted by molar-refractivity contribution is 5.98. The maximum atomic E-state index is 13.6. The van der Waals surface area contributed by atoms with E-state index in [2.05, 4.69) is 32.4 Å². The monoisotopic (exact) mass is 417 g/mol. The first-order valence-electron chi connectivity index (χ1n) is 10.3. The Hall–Kier alpha value is -3.75. The minimum atomic E-state index is -0.0219. The van der Waals surface area contributed by atoms with Crippen molar-refractivity contribution in [3.63, 3.8) is 0 Å². The first kappa shape index (κ1) is 19.2. The number of carbonyl (C=O) groups is 1. The van der Waals surface area contributed by atoms with Crippen LogP contribution in [0.4, 0.5) is 6.01 Å². The molecule has 0 bridgehead atoms. The topological polar surface area (TPSA) is 102 Å². The van der Waals surface area contributed by atoms with Crippen molar-refractivity contribution in [3.8, 4) is 5.69 Å². The molecule has 4 heterocycles. The van der Waals surface area contributed by atoms with E-state index >= 15 is 0 Å². The number of nitrogens with one attached hydrogen (secondary N) is 1. The van der Waals surface area contributed by atoms with Gasteiger partial charge in [-0.3, -0.25) is 4.79 Å². The standard InChI is InChI=1S/C22H23N7O2/c1-14-5-6-17(29-25-9-10-26-29)16(12-14)21(30)28-11-7-15(2)18(28)13-24-22-27-20-19(31-22)4-3-8-23-20/h3-6,8-10,12,15,18H,7,11,13H2,1-2H3,(H,23,24,27)/t15-,18-/m1/s1. The summed E-state index contributed by atoms with van der Waals surface area (Å²) in [7, 11) is 0. The number of amides is 1. The molecule has 1 N–H and O–H groups in total. The first-order valence-corrected chi connectivity index (χ1v) is 10.3. The van der Waals surface area contributed by atoms with Crippen LogP contribution in [0.1, 0.15) is 29.3 Å². The molecule has 2 atom stereocenters. The Morgan fingerprint density at radius 2 is 2.06 bits per heavy atom. The molecule has 4 aromatic rings. The second-order valence-electron chi connectivity index (χ2n) is 7.90. The molecule has 1 amide bonds. The van der Waals surface area contributed by atoms with Crippen LogP contribution in [0.3, 0.4) is 0 Å². The molecule has 1 saturated heterocycles. The van der Waals surface area contributed by atoms with Gasteiger partial charge in [0.15, 0.2) is 5.58 Å². The SMILES string of the molecule is Cc1ccc(-n2nccn2)c(C(=O)N2CC[C@@H](C)[C@H]2CNc2nc3ncccc3o2)c1. The van der Waals surface area contributed by atoms with Crippen LogP contribution in [0, 0.1) is 12.8 Å². The summed E-state index contributed by atoms with van der Waals surface area (Å²) in [5.41, 5.74) is 3.49. The lowest BCUT2D eigenvalue weighted by atomic mass is 10.0. The van der Waals surface area contributed by atoms with Crippen LogP contribution in [0.25, 0.3) is 16.9 Å². The van der Waals surface area contributed by atoms with Crippen molar-refractivity contribution in [2.75, 3.05) is 18.4 Å². The van der Waals surface area contributed by atoms with Gasteiger partial charge in [-0.05, 0) is 43.5 Å². The smallest absolute Gasteiger partial charge is 0.297 e. The zero-order chi connectivity index (χ0) is 21.4. The number of aromatic nitrogens is 5. The number of nitrogens with zero attached hydrogens (tertiary/aromatic N) is 6. The molecule has 0 radical (unpaired) electrons. The Balaban J connectivity index is 1.39. The van der Waals surface area contributed by atoms with E-state index in [0.29, 0.717) is 47.5 Å². The number of fused-ring (bicyclic) bond motifs is 1. The van der Waals surface area contributed by atoms with Crippen LogP contribution in [0.5, 0.6) is 0 Å². The average Bonchev–Trinajstić information content (AvgIpc) is 3.51. The van der Waals surface area contributed by atoms with E-state index in [4.69, 9.17) is 4.42 Å². The largest absolute Gasteiger partial charge is 0.422 e. The lowest BCUT2D eigenvalue weighted by molar-refractivity contribution is 0.0729. The van der Waals surface area contributed by atoms with Crippen molar-refractivity contribution in [1.82, 2.24) is 29.9 Å². The highest BCUT2D eigenvalue weighted by atomic mass is 16.4. The summed E-state index contributed by atoms with van der Waals surface area (Å²) in [4.78, 5) is 25.6. The van der Waals surface area contributed by atoms with Gasteiger partial charge in [-0.25, -0.2) is 4.98 Å². The predicted octanol–water partition coefficient (Wildman–Crippen LogP) is 3.07. The lowest BCUT2D eigenvalue weighted by Crippen LogP contribution is -2.42. The quantitative estimate of drug-likeness (QED) is 0.532. The Labute approximate surface area is 179 Å². The molecule has 9 nitrogen and oxygen atoms in total. The van der Waals surface area contributed by atoms with Crippen molar-refractivity contribution in [1.29, 1.82) is 0 Å². The van der Waals surface area contributed by atoms with Crippen molar-refractivity contribution in [2.45, 2.75) is 26.3 Å². The molecule has 1 fully saturated rings. The fourth-order valence-electron chi connectivity index (χ4n) is 4.10. The molecule has 9 heteroatoms. The van der Waals surface area contributed by atoms with Crippen LogP contribution in [0.2, 0.25) is 0 Å². The van der Waals surface area contributed by atoms with Gasteiger partial charge in [0.2, 0.25) is 5.65 Å². The number of benzene rings is 1. The maximum absolute atomic E-state index is 13.6. The van der Waals surface area contributed by atoms with E-state index in [1.54, 1.807) is 18.6 Å². The number of hydrogen-bond donors (Lipinski definition) is 1.